The normalized spacial score (nSPS) is 16.1. The van der Waals surface area contributed by atoms with E-state index in [2.05, 4.69) is 0 Å². The Balaban J connectivity index is 1.98. The zero-order chi connectivity index (χ0) is 13.8. The fraction of sp³-hybridized carbons (Fsp3) is 0.462. The van der Waals surface area contributed by atoms with E-state index in [1.165, 1.54) is 16.1 Å². The highest BCUT2D eigenvalue weighted by Gasteiger charge is 2.33. The van der Waals surface area contributed by atoms with Crippen molar-refractivity contribution in [1.29, 1.82) is 0 Å². The summed E-state index contributed by atoms with van der Waals surface area (Å²) >= 11 is 0. The third-order valence-corrected chi connectivity index (χ3v) is 3.02. The Morgan fingerprint density at radius 3 is 2.58 bits per heavy atom. The Bertz CT molecular complexity index is 481. The van der Waals surface area contributed by atoms with Crippen LogP contribution in [0.1, 0.15) is 23.9 Å². The number of furan rings is 1. The standard InChI is InChI=1S/C13H16N2O4/c1-2-5-14-6-7-15(13(18)12(14)17)9-10(16)11-4-3-8-19-11/h3-4,8H,2,5-7,9H2,1H3. The molecule has 1 aliphatic rings. The van der Waals surface area contributed by atoms with Crippen LogP contribution in [0.15, 0.2) is 22.8 Å². The summed E-state index contributed by atoms with van der Waals surface area (Å²) in [5.74, 6) is -1.23. The van der Waals surface area contributed by atoms with Crippen LogP contribution in [-0.4, -0.2) is 53.6 Å². The second-order valence-electron chi connectivity index (χ2n) is 4.42. The van der Waals surface area contributed by atoms with E-state index in [1.54, 1.807) is 12.1 Å². The van der Waals surface area contributed by atoms with Gasteiger partial charge in [0.15, 0.2) is 5.76 Å². The van der Waals surface area contributed by atoms with Gasteiger partial charge in [0.25, 0.3) is 0 Å². The summed E-state index contributed by atoms with van der Waals surface area (Å²) in [6.07, 6.45) is 2.21. The zero-order valence-corrected chi connectivity index (χ0v) is 10.8. The first-order valence-electron chi connectivity index (χ1n) is 6.28. The molecule has 1 saturated heterocycles. The number of nitrogens with zero attached hydrogens (tertiary/aromatic N) is 2. The molecule has 19 heavy (non-hydrogen) atoms. The van der Waals surface area contributed by atoms with E-state index in [-0.39, 0.29) is 18.1 Å². The number of ketones is 1. The third kappa shape index (κ3) is 2.83. The molecule has 0 atom stereocenters. The molecule has 0 N–H and O–H groups in total. The molecule has 0 radical (unpaired) electrons. The molecule has 2 heterocycles. The summed E-state index contributed by atoms with van der Waals surface area (Å²) in [7, 11) is 0. The Labute approximate surface area is 111 Å². The van der Waals surface area contributed by atoms with Crippen molar-refractivity contribution in [2.24, 2.45) is 0 Å². The summed E-state index contributed by atoms with van der Waals surface area (Å²) in [4.78, 5) is 38.3. The second-order valence-corrected chi connectivity index (χ2v) is 4.42. The predicted octanol–water partition coefficient (Wildman–Crippen LogP) is 0.543. The average Bonchev–Trinajstić information content (AvgIpc) is 2.92. The van der Waals surface area contributed by atoms with Crippen LogP contribution < -0.4 is 0 Å². The lowest BCUT2D eigenvalue weighted by molar-refractivity contribution is -0.155. The largest absolute Gasteiger partial charge is 0.461 e. The van der Waals surface area contributed by atoms with Crippen molar-refractivity contribution in [2.75, 3.05) is 26.2 Å². The molecule has 2 rings (SSSR count). The monoisotopic (exact) mass is 264 g/mol. The lowest BCUT2D eigenvalue weighted by atomic mass is 10.2. The van der Waals surface area contributed by atoms with Gasteiger partial charge in [0.2, 0.25) is 5.78 Å². The van der Waals surface area contributed by atoms with Gasteiger partial charge in [0.1, 0.15) is 0 Å². The number of hydrogen-bond acceptors (Lipinski definition) is 4. The molecule has 6 heteroatoms. The zero-order valence-electron chi connectivity index (χ0n) is 10.8. The Hall–Kier alpha value is -2.11. The number of rotatable bonds is 5. The molecular weight excluding hydrogens is 248 g/mol. The summed E-state index contributed by atoms with van der Waals surface area (Å²) < 4.78 is 4.98. The van der Waals surface area contributed by atoms with Crippen molar-refractivity contribution < 1.29 is 18.8 Å². The third-order valence-electron chi connectivity index (χ3n) is 3.02. The van der Waals surface area contributed by atoms with Gasteiger partial charge < -0.3 is 14.2 Å². The smallest absolute Gasteiger partial charge is 0.312 e. The molecule has 6 nitrogen and oxygen atoms in total. The number of Topliss-reactive ketones (excluding diaryl/α,β-unsaturated/α-hetero) is 1. The fourth-order valence-electron chi connectivity index (χ4n) is 2.04. The number of carbonyl (C=O) groups is 3. The summed E-state index contributed by atoms with van der Waals surface area (Å²) in [6, 6.07) is 3.15. The summed E-state index contributed by atoms with van der Waals surface area (Å²) in [6.45, 7) is 3.27. The van der Waals surface area contributed by atoms with Crippen molar-refractivity contribution in [3.63, 3.8) is 0 Å². The van der Waals surface area contributed by atoms with Gasteiger partial charge in [-0.25, -0.2) is 0 Å². The van der Waals surface area contributed by atoms with Crippen LogP contribution >= 0.6 is 0 Å². The lowest BCUT2D eigenvalue weighted by Gasteiger charge is -2.33. The van der Waals surface area contributed by atoms with Crippen LogP contribution in [0.25, 0.3) is 0 Å². The number of carbonyl (C=O) groups excluding carboxylic acids is 3. The highest BCUT2D eigenvalue weighted by atomic mass is 16.3. The highest BCUT2D eigenvalue weighted by Crippen LogP contribution is 2.08. The van der Waals surface area contributed by atoms with Crippen LogP contribution in [-0.2, 0) is 9.59 Å². The molecule has 0 aliphatic carbocycles. The van der Waals surface area contributed by atoms with Gasteiger partial charge in [0.05, 0.1) is 12.8 Å². The van der Waals surface area contributed by atoms with Crippen LogP contribution in [0, 0.1) is 0 Å². The average molecular weight is 264 g/mol. The Kier molecular flexibility index (Phi) is 3.99. The van der Waals surface area contributed by atoms with E-state index < -0.39 is 11.8 Å². The van der Waals surface area contributed by atoms with E-state index in [4.69, 9.17) is 4.42 Å². The summed E-state index contributed by atoms with van der Waals surface area (Å²) in [5, 5.41) is 0. The van der Waals surface area contributed by atoms with Gasteiger partial charge in [-0.3, -0.25) is 14.4 Å². The van der Waals surface area contributed by atoms with Crippen LogP contribution in [0.3, 0.4) is 0 Å². The molecule has 0 unspecified atom stereocenters. The highest BCUT2D eigenvalue weighted by molar-refractivity contribution is 6.35. The molecule has 1 aromatic rings. The SMILES string of the molecule is CCCN1CCN(CC(=O)c2ccco2)C(=O)C1=O. The van der Waals surface area contributed by atoms with Crippen molar-refractivity contribution in [3.8, 4) is 0 Å². The van der Waals surface area contributed by atoms with E-state index in [0.29, 0.717) is 19.6 Å². The first kappa shape index (κ1) is 13.3. The van der Waals surface area contributed by atoms with Crippen molar-refractivity contribution in [1.82, 2.24) is 9.80 Å². The van der Waals surface area contributed by atoms with Gasteiger partial charge in [-0.05, 0) is 18.6 Å². The molecule has 1 aromatic heterocycles. The number of hydrogen-bond donors (Lipinski definition) is 0. The minimum absolute atomic E-state index is 0.113. The van der Waals surface area contributed by atoms with Gasteiger partial charge in [0, 0.05) is 19.6 Å². The van der Waals surface area contributed by atoms with E-state index in [0.717, 1.165) is 6.42 Å². The van der Waals surface area contributed by atoms with Gasteiger partial charge in [-0.15, -0.1) is 0 Å². The second kappa shape index (κ2) is 5.69. The molecular formula is C13H16N2O4. The van der Waals surface area contributed by atoms with Crippen molar-refractivity contribution in [3.05, 3.63) is 24.2 Å². The molecule has 0 saturated carbocycles. The predicted molar refractivity (Wildman–Crippen MR) is 66.5 cm³/mol. The molecule has 2 amide bonds. The number of amides is 2. The molecule has 1 aliphatic heterocycles. The minimum atomic E-state index is -0.611. The molecule has 0 bridgehead atoms. The van der Waals surface area contributed by atoms with Crippen LogP contribution in [0.2, 0.25) is 0 Å². The van der Waals surface area contributed by atoms with Crippen molar-refractivity contribution >= 4 is 17.6 Å². The molecule has 0 spiro atoms. The topological polar surface area (TPSA) is 70.8 Å². The van der Waals surface area contributed by atoms with Crippen LogP contribution in [0.5, 0.6) is 0 Å². The number of piperazine rings is 1. The molecule has 102 valence electrons. The van der Waals surface area contributed by atoms with Crippen LogP contribution in [0.4, 0.5) is 0 Å². The minimum Gasteiger partial charge on any atom is -0.461 e. The van der Waals surface area contributed by atoms with Gasteiger partial charge in [-0.2, -0.15) is 0 Å². The Morgan fingerprint density at radius 2 is 1.95 bits per heavy atom. The maximum Gasteiger partial charge on any atom is 0.312 e. The van der Waals surface area contributed by atoms with Gasteiger partial charge in [-0.1, -0.05) is 6.92 Å². The first-order valence-corrected chi connectivity index (χ1v) is 6.28. The molecule has 0 aromatic carbocycles. The van der Waals surface area contributed by atoms with Gasteiger partial charge >= 0.3 is 11.8 Å². The van der Waals surface area contributed by atoms with E-state index in [9.17, 15) is 14.4 Å². The van der Waals surface area contributed by atoms with Crippen molar-refractivity contribution in [2.45, 2.75) is 13.3 Å². The first-order chi connectivity index (χ1) is 9.13. The quantitative estimate of drug-likeness (QED) is 0.575. The summed E-state index contributed by atoms with van der Waals surface area (Å²) in [5.41, 5.74) is 0. The fourth-order valence-corrected chi connectivity index (χ4v) is 2.04. The van der Waals surface area contributed by atoms with E-state index in [1.807, 2.05) is 6.92 Å². The Morgan fingerprint density at radius 1 is 1.26 bits per heavy atom. The lowest BCUT2D eigenvalue weighted by Crippen LogP contribution is -2.55. The maximum atomic E-state index is 11.9. The van der Waals surface area contributed by atoms with E-state index >= 15 is 0 Å². The molecule has 1 fully saturated rings. The maximum absolute atomic E-state index is 11.9.